The lowest BCUT2D eigenvalue weighted by molar-refractivity contribution is 0.453. The van der Waals surface area contributed by atoms with E-state index in [1.807, 2.05) is 13.1 Å². The summed E-state index contributed by atoms with van der Waals surface area (Å²) in [5.74, 6) is 1.67. The largest absolute Gasteiger partial charge is 0.362 e. The fourth-order valence-electron chi connectivity index (χ4n) is 4.04. The van der Waals surface area contributed by atoms with Crippen molar-refractivity contribution in [2.45, 2.75) is 59.5 Å². The number of allylic oxidation sites excluding steroid dienone is 1. The van der Waals surface area contributed by atoms with Crippen molar-refractivity contribution in [1.82, 2.24) is 14.9 Å². The van der Waals surface area contributed by atoms with Crippen LogP contribution in [0.25, 0.3) is 11.8 Å². The molecule has 1 saturated carbocycles. The van der Waals surface area contributed by atoms with E-state index in [2.05, 4.69) is 84.1 Å². The van der Waals surface area contributed by atoms with E-state index in [1.54, 1.807) is 6.33 Å². The van der Waals surface area contributed by atoms with Crippen LogP contribution in [0.15, 0.2) is 48.6 Å². The van der Waals surface area contributed by atoms with E-state index in [0.29, 0.717) is 6.04 Å². The Morgan fingerprint density at radius 1 is 1.20 bits per heavy atom. The van der Waals surface area contributed by atoms with Crippen LogP contribution in [0.3, 0.4) is 0 Å². The Morgan fingerprint density at radius 2 is 1.93 bits per heavy atom. The van der Waals surface area contributed by atoms with Gasteiger partial charge < -0.3 is 15.5 Å². The summed E-state index contributed by atoms with van der Waals surface area (Å²) in [4.78, 5) is 11.3. The number of nitrogens with zero attached hydrogens (tertiary/aromatic N) is 3. The Morgan fingerprint density at radius 3 is 2.63 bits per heavy atom. The standard InChI is InChI=1S/C25H31N5/c1-15(2)13-26-24-17(4)25(28-14-27-24)29-18(5)22-12-20-9-7-8-16(3)23(20)19(6)30(22)21-10-11-21/h7-9,12-14,18,21H,6,10-11H2,1-5H3,(H2,26,27,28,29)/t18-/m0/s1. The predicted molar refractivity (Wildman–Crippen MR) is 126 cm³/mol. The summed E-state index contributed by atoms with van der Waals surface area (Å²) in [7, 11) is 0. The highest BCUT2D eigenvalue weighted by Crippen LogP contribution is 2.43. The summed E-state index contributed by atoms with van der Waals surface area (Å²) >= 11 is 0. The predicted octanol–water partition coefficient (Wildman–Crippen LogP) is 5.72. The Bertz CT molecular complexity index is 1040. The van der Waals surface area contributed by atoms with E-state index >= 15 is 0 Å². The molecular weight excluding hydrogens is 370 g/mol. The summed E-state index contributed by atoms with van der Waals surface area (Å²) in [6.07, 6.45) is 8.31. The number of anilines is 2. The van der Waals surface area contributed by atoms with Crippen molar-refractivity contribution in [3.8, 4) is 0 Å². The molecule has 1 aliphatic carbocycles. The molecule has 156 valence electrons. The van der Waals surface area contributed by atoms with Gasteiger partial charge in [0.25, 0.3) is 0 Å². The number of aromatic nitrogens is 2. The topological polar surface area (TPSA) is 53.1 Å². The first-order chi connectivity index (χ1) is 14.4. The number of rotatable bonds is 6. The van der Waals surface area contributed by atoms with Crippen molar-refractivity contribution in [3.05, 3.63) is 70.8 Å². The average molecular weight is 402 g/mol. The van der Waals surface area contributed by atoms with Gasteiger partial charge in [-0.15, -0.1) is 0 Å². The van der Waals surface area contributed by atoms with E-state index in [1.165, 1.54) is 40.8 Å². The highest BCUT2D eigenvalue weighted by Gasteiger charge is 2.37. The van der Waals surface area contributed by atoms with Crippen molar-refractivity contribution in [3.63, 3.8) is 0 Å². The van der Waals surface area contributed by atoms with Crippen LogP contribution in [-0.4, -0.2) is 27.0 Å². The number of hydrogen-bond donors (Lipinski definition) is 2. The van der Waals surface area contributed by atoms with Gasteiger partial charge in [0.05, 0.1) is 6.04 Å². The second-order valence-electron chi connectivity index (χ2n) is 8.58. The molecule has 2 heterocycles. The zero-order valence-corrected chi connectivity index (χ0v) is 18.6. The van der Waals surface area contributed by atoms with E-state index in [0.717, 1.165) is 22.9 Å². The van der Waals surface area contributed by atoms with Gasteiger partial charge in [-0.1, -0.05) is 30.4 Å². The van der Waals surface area contributed by atoms with Crippen molar-refractivity contribution >= 4 is 23.4 Å². The fourth-order valence-corrected chi connectivity index (χ4v) is 4.04. The highest BCUT2D eigenvalue weighted by molar-refractivity contribution is 5.81. The molecule has 1 aromatic carbocycles. The summed E-state index contributed by atoms with van der Waals surface area (Å²) < 4.78 is 0. The lowest BCUT2D eigenvalue weighted by atomic mass is 9.92. The number of fused-ring (bicyclic) bond motifs is 1. The summed E-state index contributed by atoms with van der Waals surface area (Å²) in [6, 6.07) is 7.10. The van der Waals surface area contributed by atoms with E-state index in [4.69, 9.17) is 0 Å². The van der Waals surface area contributed by atoms with Crippen molar-refractivity contribution in [1.29, 1.82) is 0 Å². The molecule has 1 atom stereocenters. The first-order valence-electron chi connectivity index (χ1n) is 10.6. The van der Waals surface area contributed by atoms with Gasteiger partial charge in [0.2, 0.25) is 0 Å². The van der Waals surface area contributed by atoms with Crippen LogP contribution in [-0.2, 0) is 0 Å². The average Bonchev–Trinajstić information content (AvgIpc) is 3.53. The maximum absolute atomic E-state index is 4.51. The molecule has 0 bridgehead atoms. The summed E-state index contributed by atoms with van der Waals surface area (Å²) in [5, 5.41) is 6.90. The first-order valence-corrected chi connectivity index (χ1v) is 10.6. The smallest absolute Gasteiger partial charge is 0.138 e. The third-order valence-electron chi connectivity index (χ3n) is 5.76. The molecule has 1 aliphatic heterocycles. The zero-order chi connectivity index (χ0) is 21.4. The third kappa shape index (κ3) is 3.84. The van der Waals surface area contributed by atoms with Gasteiger partial charge in [-0.25, -0.2) is 9.97 Å². The number of hydrogen-bond acceptors (Lipinski definition) is 5. The van der Waals surface area contributed by atoms with Gasteiger partial charge >= 0.3 is 0 Å². The minimum absolute atomic E-state index is 0.0842. The highest BCUT2D eigenvalue weighted by atomic mass is 15.2. The molecule has 1 aromatic heterocycles. The third-order valence-corrected chi connectivity index (χ3v) is 5.76. The van der Waals surface area contributed by atoms with Crippen molar-refractivity contribution < 1.29 is 0 Å². The van der Waals surface area contributed by atoms with Crippen LogP contribution in [0.2, 0.25) is 0 Å². The molecule has 5 heteroatoms. The Kier molecular flexibility index (Phi) is 5.37. The molecule has 5 nitrogen and oxygen atoms in total. The molecule has 0 unspecified atom stereocenters. The molecule has 0 radical (unpaired) electrons. The second kappa shape index (κ2) is 7.98. The van der Waals surface area contributed by atoms with Crippen molar-refractivity contribution in [2.24, 2.45) is 0 Å². The molecule has 2 aromatic rings. The fraction of sp³-hybridized carbons (Fsp3) is 0.360. The number of nitrogens with one attached hydrogen (secondary N) is 2. The zero-order valence-electron chi connectivity index (χ0n) is 18.6. The van der Waals surface area contributed by atoms with E-state index in [-0.39, 0.29) is 6.04 Å². The molecule has 30 heavy (non-hydrogen) atoms. The Balaban J connectivity index is 1.66. The number of benzene rings is 1. The monoisotopic (exact) mass is 401 g/mol. The summed E-state index contributed by atoms with van der Waals surface area (Å²) in [6.45, 7) is 15.0. The number of aryl methyl sites for hydroxylation is 1. The van der Waals surface area contributed by atoms with E-state index in [9.17, 15) is 0 Å². The molecule has 0 spiro atoms. The van der Waals surface area contributed by atoms with Crippen LogP contribution in [0, 0.1) is 13.8 Å². The van der Waals surface area contributed by atoms with Gasteiger partial charge in [-0.05, 0) is 64.7 Å². The van der Waals surface area contributed by atoms with Crippen LogP contribution in [0.4, 0.5) is 11.6 Å². The van der Waals surface area contributed by atoms with Gasteiger partial charge in [0.15, 0.2) is 0 Å². The quantitative estimate of drug-likeness (QED) is 0.648. The van der Waals surface area contributed by atoms with Gasteiger partial charge in [-0.3, -0.25) is 0 Å². The van der Waals surface area contributed by atoms with Gasteiger partial charge in [0, 0.05) is 34.8 Å². The maximum atomic E-state index is 4.51. The molecule has 0 saturated heterocycles. The molecule has 0 amide bonds. The Labute approximate surface area is 179 Å². The van der Waals surface area contributed by atoms with Gasteiger partial charge in [0.1, 0.15) is 18.0 Å². The molecule has 4 rings (SSSR count). The minimum atomic E-state index is 0.0842. The van der Waals surface area contributed by atoms with Crippen molar-refractivity contribution in [2.75, 3.05) is 10.6 Å². The molecule has 1 fully saturated rings. The lowest BCUT2D eigenvalue weighted by Gasteiger charge is -2.38. The normalized spacial score (nSPS) is 16.5. The molecule has 2 aliphatic rings. The first kappa shape index (κ1) is 20.2. The SMILES string of the molecule is C=C1c2c(C)cccc2C=C([C@H](C)Nc2ncnc(NC=C(C)C)c2C)N1C1CC1. The van der Waals surface area contributed by atoms with Crippen LogP contribution < -0.4 is 10.6 Å². The van der Waals surface area contributed by atoms with E-state index < -0.39 is 0 Å². The minimum Gasteiger partial charge on any atom is -0.362 e. The molecule has 2 N–H and O–H groups in total. The summed E-state index contributed by atoms with van der Waals surface area (Å²) in [5.41, 5.74) is 8.35. The van der Waals surface area contributed by atoms with Crippen LogP contribution in [0.5, 0.6) is 0 Å². The Hall–Kier alpha value is -3.08. The van der Waals surface area contributed by atoms with Gasteiger partial charge in [-0.2, -0.15) is 0 Å². The maximum Gasteiger partial charge on any atom is 0.138 e. The molecular formula is C25H31N5. The lowest BCUT2D eigenvalue weighted by Crippen LogP contribution is -2.35. The second-order valence-corrected chi connectivity index (χ2v) is 8.58. The van der Waals surface area contributed by atoms with Crippen LogP contribution >= 0.6 is 0 Å². The van der Waals surface area contributed by atoms with Crippen LogP contribution in [0.1, 0.15) is 55.9 Å².